The van der Waals surface area contributed by atoms with E-state index >= 15 is 0 Å². The van der Waals surface area contributed by atoms with Crippen molar-refractivity contribution in [1.82, 2.24) is 0 Å². The van der Waals surface area contributed by atoms with Crippen LogP contribution in [0.25, 0.3) is 6.08 Å². The summed E-state index contributed by atoms with van der Waals surface area (Å²) >= 11 is 0. The van der Waals surface area contributed by atoms with Crippen LogP contribution in [0.4, 0.5) is 0 Å². The summed E-state index contributed by atoms with van der Waals surface area (Å²) in [5.74, 6) is 1.29. The summed E-state index contributed by atoms with van der Waals surface area (Å²) in [4.78, 5) is 0. The highest BCUT2D eigenvalue weighted by molar-refractivity contribution is 5.73. The fourth-order valence-electron chi connectivity index (χ4n) is 2.65. The summed E-state index contributed by atoms with van der Waals surface area (Å²) < 4.78 is 16.6. The van der Waals surface area contributed by atoms with E-state index in [2.05, 4.69) is 0 Å². The van der Waals surface area contributed by atoms with Crippen LogP contribution in [-0.2, 0) is 0 Å². The standard InChI is InChI=1S/C16H18O6/c1-16(19,8-17)15-12(18)10-7-11(20-2)9-5-3-4-6-21-13(9)14(10)22-15/h3-7,12,15,17-19H,8H2,1-2H3. The number of benzene rings is 1. The van der Waals surface area contributed by atoms with Gasteiger partial charge in [-0.2, -0.15) is 0 Å². The molecule has 1 aromatic rings. The third kappa shape index (κ3) is 2.16. The van der Waals surface area contributed by atoms with Gasteiger partial charge >= 0.3 is 0 Å². The first kappa shape index (κ1) is 14.9. The molecule has 0 bridgehead atoms. The number of aliphatic hydroxyl groups is 3. The summed E-state index contributed by atoms with van der Waals surface area (Å²) in [6.45, 7) is 0.867. The average molecular weight is 306 g/mol. The topological polar surface area (TPSA) is 88.4 Å². The number of methoxy groups -OCH3 is 1. The Balaban J connectivity index is 2.14. The molecule has 3 atom stereocenters. The van der Waals surface area contributed by atoms with Crippen molar-refractivity contribution < 1.29 is 29.5 Å². The van der Waals surface area contributed by atoms with Gasteiger partial charge in [-0.05, 0) is 25.1 Å². The minimum Gasteiger partial charge on any atom is -0.496 e. The smallest absolute Gasteiger partial charge is 0.179 e. The molecule has 0 aliphatic carbocycles. The van der Waals surface area contributed by atoms with Gasteiger partial charge in [0.25, 0.3) is 0 Å². The van der Waals surface area contributed by atoms with E-state index in [1.54, 1.807) is 18.2 Å². The van der Waals surface area contributed by atoms with E-state index in [1.807, 2.05) is 6.08 Å². The minimum atomic E-state index is -1.59. The molecule has 0 aromatic heterocycles. The minimum absolute atomic E-state index is 0.346. The average Bonchev–Trinajstić information content (AvgIpc) is 2.70. The maximum Gasteiger partial charge on any atom is 0.179 e. The van der Waals surface area contributed by atoms with Crippen LogP contribution in [0.3, 0.4) is 0 Å². The van der Waals surface area contributed by atoms with E-state index in [0.29, 0.717) is 28.4 Å². The second-order valence-electron chi connectivity index (χ2n) is 5.54. The molecule has 3 unspecified atom stereocenters. The van der Waals surface area contributed by atoms with Crippen molar-refractivity contribution in [2.24, 2.45) is 0 Å². The summed E-state index contributed by atoms with van der Waals surface area (Å²) in [5.41, 5.74) is -0.449. The van der Waals surface area contributed by atoms with Crippen LogP contribution in [0, 0.1) is 0 Å². The monoisotopic (exact) mass is 306 g/mol. The van der Waals surface area contributed by atoms with Crippen LogP contribution in [-0.4, -0.2) is 40.7 Å². The molecule has 2 aliphatic rings. The fraction of sp³-hybridized carbons (Fsp3) is 0.375. The van der Waals surface area contributed by atoms with Crippen LogP contribution >= 0.6 is 0 Å². The lowest BCUT2D eigenvalue weighted by Crippen LogP contribution is -2.47. The summed E-state index contributed by atoms with van der Waals surface area (Å²) in [7, 11) is 1.53. The molecule has 3 N–H and O–H groups in total. The molecule has 118 valence electrons. The maximum absolute atomic E-state index is 10.5. The van der Waals surface area contributed by atoms with Crippen molar-refractivity contribution in [2.75, 3.05) is 13.7 Å². The predicted octanol–water partition coefficient (Wildman–Crippen LogP) is 1.15. The van der Waals surface area contributed by atoms with Gasteiger partial charge in [0, 0.05) is 5.56 Å². The molecular formula is C16H18O6. The highest BCUT2D eigenvalue weighted by Gasteiger charge is 2.47. The lowest BCUT2D eigenvalue weighted by molar-refractivity contribution is -0.112. The number of aliphatic hydroxyl groups excluding tert-OH is 2. The third-order valence-corrected chi connectivity index (χ3v) is 3.91. The van der Waals surface area contributed by atoms with E-state index in [-0.39, 0.29) is 0 Å². The van der Waals surface area contributed by atoms with Crippen molar-refractivity contribution in [3.05, 3.63) is 35.6 Å². The van der Waals surface area contributed by atoms with Crippen molar-refractivity contribution in [1.29, 1.82) is 0 Å². The molecule has 6 nitrogen and oxygen atoms in total. The van der Waals surface area contributed by atoms with Gasteiger partial charge in [-0.1, -0.05) is 6.08 Å². The molecule has 0 spiro atoms. The number of fused-ring (bicyclic) bond motifs is 3. The van der Waals surface area contributed by atoms with Crippen molar-refractivity contribution in [2.45, 2.75) is 24.7 Å². The zero-order valence-electron chi connectivity index (χ0n) is 12.3. The number of rotatable bonds is 3. The van der Waals surface area contributed by atoms with Gasteiger partial charge in [0.1, 0.15) is 17.5 Å². The number of allylic oxidation sites excluding steroid dienone is 2. The Morgan fingerprint density at radius 2 is 2.09 bits per heavy atom. The zero-order valence-corrected chi connectivity index (χ0v) is 12.3. The van der Waals surface area contributed by atoms with Crippen LogP contribution in [0.5, 0.6) is 17.2 Å². The molecule has 0 radical (unpaired) electrons. The molecule has 22 heavy (non-hydrogen) atoms. The number of ether oxygens (including phenoxy) is 3. The first-order chi connectivity index (χ1) is 10.5. The van der Waals surface area contributed by atoms with Crippen molar-refractivity contribution >= 4 is 6.08 Å². The van der Waals surface area contributed by atoms with Crippen LogP contribution in [0.15, 0.2) is 24.5 Å². The molecule has 2 heterocycles. The van der Waals surface area contributed by atoms with E-state index in [4.69, 9.17) is 14.2 Å². The molecule has 1 aromatic carbocycles. The number of hydrogen-bond acceptors (Lipinski definition) is 6. The predicted molar refractivity (Wildman–Crippen MR) is 78.9 cm³/mol. The van der Waals surface area contributed by atoms with Gasteiger partial charge in [0.15, 0.2) is 17.6 Å². The summed E-state index contributed by atoms with van der Waals surface area (Å²) in [5, 5.41) is 30.0. The molecule has 0 saturated heterocycles. The quantitative estimate of drug-likeness (QED) is 0.776. The van der Waals surface area contributed by atoms with Crippen LogP contribution in [0.2, 0.25) is 0 Å². The summed E-state index contributed by atoms with van der Waals surface area (Å²) in [6, 6.07) is 1.66. The van der Waals surface area contributed by atoms with Crippen LogP contribution < -0.4 is 14.2 Å². The lowest BCUT2D eigenvalue weighted by Gasteiger charge is -2.29. The van der Waals surface area contributed by atoms with Crippen molar-refractivity contribution in [3.63, 3.8) is 0 Å². The Kier molecular flexibility index (Phi) is 3.60. The Morgan fingerprint density at radius 3 is 2.77 bits per heavy atom. The van der Waals surface area contributed by atoms with Gasteiger partial charge in [-0.15, -0.1) is 0 Å². The molecule has 3 rings (SSSR count). The molecule has 2 aliphatic heterocycles. The Labute approximate surface area is 127 Å². The zero-order chi connectivity index (χ0) is 15.9. The second kappa shape index (κ2) is 5.31. The maximum atomic E-state index is 10.5. The van der Waals surface area contributed by atoms with Gasteiger partial charge in [0.05, 0.1) is 25.5 Å². The fourth-order valence-corrected chi connectivity index (χ4v) is 2.65. The van der Waals surface area contributed by atoms with Gasteiger partial charge in [-0.25, -0.2) is 0 Å². The van der Waals surface area contributed by atoms with Crippen LogP contribution in [0.1, 0.15) is 24.2 Å². The summed E-state index contributed by atoms with van der Waals surface area (Å²) in [6.07, 6.45) is 4.73. The largest absolute Gasteiger partial charge is 0.496 e. The normalized spacial score (nSPS) is 24.6. The Morgan fingerprint density at radius 1 is 1.32 bits per heavy atom. The van der Waals surface area contributed by atoms with Gasteiger partial charge in [0.2, 0.25) is 0 Å². The highest BCUT2D eigenvalue weighted by Crippen LogP contribution is 2.51. The highest BCUT2D eigenvalue weighted by atomic mass is 16.6. The van der Waals surface area contributed by atoms with E-state index in [1.165, 1.54) is 20.3 Å². The molecule has 0 fully saturated rings. The Hall–Kier alpha value is -2.02. The molecule has 6 heteroatoms. The van der Waals surface area contributed by atoms with E-state index in [9.17, 15) is 15.3 Å². The van der Waals surface area contributed by atoms with E-state index < -0.39 is 24.4 Å². The van der Waals surface area contributed by atoms with Gasteiger partial charge < -0.3 is 29.5 Å². The second-order valence-corrected chi connectivity index (χ2v) is 5.54. The molecular weight excluding hydrogens is 288 g/mol. The van der Waals surface area contributed by atoms with Gasteiger partial charge in [-0.3, -0.25) is 0 Å². The molecule has 0 saturated carbocycles. The SMILES string of the molecule is COc1cc2c(c3c1C=CC=CO3)OC(C(C)(O)CO)C2O. The first-order valence-electron chi connectivity index (χ1n) is 6.92. The first-order valence-corrected chi connectivity index (χ1v) is 6.92. The lowest BCUT2D eigenvalue weighted by atomic mass is 9.93. The number of hydrogen-bond donors (Lipinski definition) is 3. The third-order valence-electron chi connectivity index (χ3n) is 3.91. The molecule has 0 amide bonds. The Bertz CT molecular complexity index is 647. The van der Waals surface area contributed by atoms with E-state index in [0.717, 1.165) is 0 Å². The van der Waals surface area contributed by atoms with Crippen molar-refractivity contribution in [3.8, 4) is 17.2 Å².